The fourth-order valence-electron chi connectivity index (χ4n) is 1.74. The van der Waals surface area contributed by atoms with Crippen LogP contribution < -0.4 is 10.5 Å². The topological polar surface area (TPSA) is 90.0 Å². The van der Waals surface area contributed by atoms with Gasteiger partial charge in [-0.2, -0.15) is 0 Å². The first kappa shape index (κ1) is 14.0. The number of hydrogen-bond acceptors (Lipinski definition) is 5. The Hall–Kier alpha value is -1.38. The molecule has 0 saturated carbocycles. The molecule has 2 aromatic heterocycles. The van der Waals surface area contributed by atoms with Crippen LogP contribution in [0.5, 0.6) is 0 Å². The number of nitrogens with two attached hydrogens (primary N) is 1. The Morgan fingerprint density at radius 1 is 1.53 bits per heavy atom. The van der Waals surface area contributed by atoms with Crippen LogP contribution in [0.1, 0.15) is 25.6 Å². The van der Waals surface area contributed by atoms with Gasteiger partial charge in [0.25, 0.3) is 10.0 Å². The number of aromatic nitrogens is 2. The molecule has 0 spiro atoms. The van der Waals surface area contributed by atoms with E-state index in [4.69, 9.17) is 5.73 Å². The smallest absolute Gasteiger partial charge is 0.265 e. The van der Waals surface area contributed by atoms with Gasteiger partial charge in [0.2, 0.25) is 0 Å². The van der Waals surface area contributed by atoms with Gasteiger partial charge in [-0.25, -0.2) is 13.4 Å². The van der Waals surface area contributed by atoms with Gasteiger partial charge in [0.15, 0.2) is 5.13 Å². The monoisotopic (exact) mass is 300 g/mol. The van der Waals surface area contributed by atoms with Crippen molar-refractivity contribution in [3.8, 4) is 0 Å². The molecule has 0 atom stereocenters. The number of nitrogens with one attached hydrogen (secondary N) is 1. The van der Waals surface area contributed by atoms with E-state index in [-0.39, 0.29) is 10.9 Å². The van der Waals surface area contributed by atoms with Crippen LogP contribution in [0.25, 0.3) is 0 Å². The molecule has 19 heavy (non-hydrogen) atoms. The molecule has 0 amide bonds. The van der Waals surface area contributed by atoms with E-state index in [1.165, 1.54) is 11.3 Å². The average Bonchev–Trinajstić information content (AvgIpc) is 2.95. The summed E-state index contributed by atoms with van der Waals surface area (Å²) in [5.74, 6) is 0. The van der Waals surface area contributed by atoms with Crippen LogP contribution in [0.2, 0.25) is 0 Å². The molecule has 0 aliphatic carbocycles. The van der Waals surface area contributed by atoms with Crippen molar-refractivity contribution in [3.05, 3.63) is 29.5 Å². The minimum Gasteiger partial charge on any atom is -0.346 e. The van der Waals surface area contributed by atoms with Crippen LogP contribution >= 0.6 is 11.3 Å². The zero-order chi connectivity index (χ0) is 14.0. The highest BCUT2D eigenvalue weighted by Gasteiger charge is 2.19. The molecule has 0 aliphatic rings. The van der Waals surface area contributed by atoms with Gasteiger partial charge in [-0.15, -0.1) is 11.3 Å². The Bertz CT molecular complexity index is 644. The third kappa shape index (κ3) is 2.96. The van der Waals surface area contributed by atoms with Gasteiger partial charge in [-0.05, 0) is 19.9 Å². The Morgan fingerprint density at radius 3 is 2.74 bits per heavy atom. The van der Waals surface area contributed by atoms with E-state index in [0.29, 0.717) is 11.7 Å². The van der Waals surface area contributed by atoms with Crippen LogP contribution in [0.4, 0.5) is 5.13 Å². The number of rotatable bonds is 5. The van der Waals surface area contributed by atoms with Crippen molar-refractivity contribution >= 4 is 26.5 Å². The molecule has 2 rings (SSSR count). The number of hydrogen-bond donors (Lipinski definition) is 2. The molecule has 0 aliphatic heterocycles. The van der Waals surface area contributed by atoms with Gasteiger partial charge in [-0.1, -0.05) is 0 Å². The molecule has 2 heterocycles. The molecule has 2 aromatic rings. The van der Waals surface area contributed by atoms with E-state index < -0.39 is 10.0 Å². The molecular weight excluding hydrogens is 284 g/mol. The first-order valence-corrected chi connectivity index (χ1v) is 8.13. The minimum absolute atomic E-state index is 0.155. The zero-order valence-corrected chi connectivity index (χ0v) is 12.3. The van der Waals surface area contributed by atoms with Gasteiger partial charge < -0.3 is 10.3 Å². The second-order valence-electron chi connectivity index (χ2n) is 4.32. The van der Waals surface area contributed by atoms with Gasteiger partial charge in [0, 0.05) is 36.1 Å². The van der Waals surface area contributed by atoms with Crippen LogP contribution in [0.15, 0.2) is 28.7 Å². The summed E-state index contributed by atoms with van der Waals surface area (Å²) >= 11 is 1.23. The van der Waals surface area contributed by atoms with E-state index in [1.807, 2.05) is 18.4 Å². The third-order valence-electron chi connectivity index (χ3n) is 2.64. The van der Waals surface area contributed by atoms with Crippen molar-refractivity contribution in [2.75, 3.05) is 4.72 Å². The van der Waals surface area contributed by atoms with E-state index in [0.717, 1.165) is 5.69 Å². The number of nitrogens with zero attached hydrogens (tertiary/aromatic N) is 2. The van der Waals surface area contributed by atoms with Crippen molar-refractivity contribution in [1.29, 1.82) is 0 Å². The highest BCUT2D eigenvalue weighted by molar-refractivity contribution is 7.93. The van der Waals surface area contributed by atoms with Crippen LogP contribution in [-0.2, 0) is 16.6 Å². The fraction of sp³-hybridized carbons (Fsp3) is 0.364. The molecule has 3 N–H and O–H groups in total. The Balaban J connectivity index is 2.35. The molecule has 0 bridgehead atoms. The Kier molecular flexibility index (Phi) is 3.93. The van der Waals surface area contributed by atoms with Crippen molar-refractivity contribution in [2.45, 2.75) is 31.3 Å². The fourth-order valence-corrected chi connectivity index (χ4v) is 3.57. The molecule has 8 heteroatoms. The normalized spacial score (nSPS) is 12.0. The van der Waals surface area contributed by atoms with Crippen LogP contribution in [0, 0.1) is 0 Å². The molecule has 0 saturated heterocycles. The number of anilines is 1. The maximum atomic E-state index is 12.2. The molecule has 0 unspecified atom stereocenters. The van der Waals surface area contributed by atoms with Crippen molar-refractivity contribution in [1.82, 2.24) is 9.55 Å². The predicted octanol–water partition coefficient (Wildman–Crippen LogP) is 1.78. The molecule has 0 aromatic carbocycles. The minimum atomic E-state index is -3.61. The van der Waals surface area contributed by atoms with Gasteiger partial charge in [0.1, 0.15) is 4.90 Å². The summed E-state index contributed by atoms with van der Waals surface area (Å²) in [7, 11) is -3.61. The summed E-state index contributed by atoms with van der Waals surface area (Å²) in [5.41, 5.74) is 6.42. The number of sulfonamides is 1. The van der Waals surface area contributed by atoms with Crippen molar-refractivity contribution < 1.29 is 8.42 Å². The van der Waals surface area contributed by atoms with Crippen LogP contribution in [-0.4, -0.2) is 18.0 Å². The summed E-state index contributed by atoms with van der Waals surface area (Å²) in [6.07, 6.45) is 3.15. The summed E-state index contributed by atoms with van der Waals surface area (Å²) in [5, 5.41) is 2.06. The van der Waals surface area contributed by atoms with E-state index in [1.54, 1.807) is 23.8 Å². The third-order valence-corrected chi connectivity index (χ3v) is 4.76. The van der Waals surface area contributed by atoms with Crippen molar-refractivity contribution in [2.24, 2.45) is 5.73 Å². The van der Waals surface area contributed by atoms with Gasteiger partial charge >= 0.3 is 0 Å². The standard InChI is InChI=1S/C11H16N4O2S2/c1-8(2)15-7-10(5-9(15)6-12)19(16,17)14-11-13-3-4-18-11/h3-5,7-8H,6,12H2,1-2H3,(H,13,14). The molecule has 104 valence electrons. The Morgan fingerprint density at radius 2 is 2.26 bits per heavy atom. The lowest BCUT2D eigenvalue weighted by atomic mass is 10.3. The van der Waals surface area contributed by atoms with Crippen molar-refractivity contribution in [3.63, 3.8) is 0 Å². The first-order chi connectivity index (χ1) is 8.94. The lowest BCUT2D eigenvalue weighted by Crippen LogP contribution is -2.12. The summed E-state index contributed by atoms with van der Waals surface area (Å²) < 4.78 is 28.7. The molecular formula is C11H16N4O2S2. The number of thiazole rings is 1. The van der Waals surface area contributed by atoms with Gasteiger partial charge in [-0.3, -0.25) is 4.72 Å². The first-order valence-electron chi connectivity index (χ1n) is 5.77. The summed E-state index contributed by atoms with van der Waals surface area (Å²) in [4.78, 5) is 4.11. The molecule has 6 nitrogen and oxygen atoms in total. The van der Waals surface area contributed by atoms with Crippen LogP contribution in [0.3, 0.4) is 0 Å². The highest BCUT2D eigenvalue weighted by Crippen LogP contribution is 2.22. The average molecular weight is 300 g/mol. The predicted molar refractivity (Wildman–Crippen MR) is 75.6 cm³/mol. The SMILES string of the molecule is CC(C)n1cc(S(=O)(=O)Nc2nccs2)cc1CN. The second-order valence-corrected chi connectivity index (χ2v) is 6.89. The maximum absolute atomic E-state index is 12.2. The lowest BCUT2D eigenvalue weighted by molar-refractivity contribution is 0.573. The molecule has 0 fully saturated rings. The largest absolute Gasteiger partial charge is 0.346 e. The Labute approximate surface area is 116 Å². The zero-order valence-electron chi connectivity index (χ0n) is 10.7. The summed E-state index contributed by atoms with van der Waals surface area (Å²) in [6.45, 7) is 4.25. The lowest BCUT2D eigenvalue weighted by Gasteiger charge is -2.10. The quantitative estimate of drug-likeness (QED) is 0.880. The van der Waals surface area contributed by atoms with E-state index in [9.17, 15) is 8.42 Å². The van der Waals surface area contributed by atoms with Gasteiger partial charge in [0.05, 0.1) is 0 Å². The second kappa shape index (κ2) is 5.32. The maximum Gasteiger partial charge on any atom is 0.265 e. The highest BCUT2D eigenvalue weighted by atomic mass is 32.2. The summed E-state index contributed by atoms with van der Waals surface area (Å²) in [6, 6.07) is 1.75. The van der Waals surface area contributed by atoms with E-state index >= 15 is 0 Å². The van der Waals surface area contributed by atoms with E-state index in [2.05, 4.69) is 9.71 Å². The molecule has 0 radical (unpaired) electrons.